The average Bonchev–Trinajstić information content (AvgIpc) is 3.24. The van der Waals surface area contributed by atoms with Crippen LogP contribution in [0.25, 0.3) is 27.4 Å². The number of halogens is 1. The summed E-state index contributed by atoms with van der Waals surface area (Å²) in [5, 5.41) is 0.925. The number of pyridine rings is 1. The number of thiazole rings is 1. The number of aromatic nitrogens is 5. The first kappa shape index (κ1) is 24.7. The van der Waals surface area contributed by atoms with E-state index < -0.39 is 0 Å². The zero-order valence-corrected chi connectivity index (χ0v) is 23.1. The second-order valence-electron chi connectivity index (χ2n) is 8.46. The summed E-state index contributed by atoms with van der Waals surface area (Å²) in [4.78, 5) is 36.1. The predicted octanol–water partition coefficient (Wildman–Crippen LogP) is 6.23. The summed E-state index contributed by atoms with van der Waals surface area (Å²) in [6.07, 6.45) is 1.54. The first-order valence-electron chi connectivity index (χ1n) is 11.5. The Morgan fingerprint density at radius 2 is 1.74 bits per heavy atom. The van der Waals surface area contributed by atoms with Crippen molar-refractivity contribution < 1.29 is 0 Å². The number of thioether (sulfide) groups is 1. The number of benzene rings is 2. The lowest BCUT2D eigenvalue weighted by Gasteiger charge is -2.13. The molecule has 2 aromatic carbocycles. The van der Waals surface area contributed by atoms with E-state index in [1.807, 2.05) is 66.1 Å². The Labute approximate surface area is 234 Å². The Morgan fingerprint density at radius 1 is 0.974 bits per heavy atom. The van der Waals surface area contributed by atoms with Gasteiger partial charge in [0.15, 0.2) is 14.8 Å². The quantitative estimate of drug-likeness (QED) is 0.138. The maximum absolute atomic E-state index is 13.9. The molecule has 7 nitrogen and oxygen atoms in total. The van der Waals surface area contributed by atoms with Crippen molar-refractivity contribution in [2.75, 3.05) is 0 Å². The minimum absolute atomic E-state index is 0.201. The third-order valence-corrected chi connectivity index (χ3v) is 8.52. The van der Waals surface area contributed by atoms with Gasteiger partial charge in [0.25, 0.3) is 11.1 Å². The minimum Gasteiger partial charge on any atom is -0.275 e. The maximum Gasteiger partial charge on any atom is 0.278 e. The van der Waals surface area contributed by atoms with E-state index in [9.17, 15) is 9.59 Å². The van der Waals surface area contributed by atoms with Gasteiger partial charge in [0.1, 0.15) is 10.3 Å². The van der Waals surface area contributed by atoms with Gasteiger partial charge in [-0.2, -0.15) is 0 Å². The molecule has 4 heterocycles. The van der Waals surface area contributed by atoms with Gasteiger partial charge in [-0.1, -0.05) is 71.1 Å². The van der Waals surface area contributed by atoms with Crippen molar-refractivity contribution in [2.24, 2.45) is 0 Å². The lowest BCUT2D eigenvalue weighted by Crippen LogP contribution is -2.21. The van der Waals surface area contributed by atoms with Crippen LogP contribution in [0.3, 0.4) is 0 Å². The summed E-state index contributed by atoms with van der Waals surface area (Å²) in [5.74, 6) is 0.328. The summed E-state index contributed by atoms with van der Waals surface area (Å²) in [5.41, 5.74) is 3.73. The van der Waals surface area contributed by atoms with E-state index in [-0.39, 0.29) is 11.1 Å². The van der Waals surface area contributed by atoms with E-state index in [4.69, 9.17) is 28.8 Å². The van der Waals surface area contributed by atoms with Gasteiger partial charge in [0.2, 0.25) is 0 Å². The molecule has 0 unspecified atom stereocenters. The van der Waals surface area contributed by atoms with Gasteiger partial charge in [-0.05, 0) is 55.0 Å². The first-order valence-corrected chi connectivity index (χ1v) is 14.1. The van der Waals surface area contributed by atoms with Gasteiger partial charge in [-0.15, -0.1) is 0 Å². The standard InChI is InChI=1S/C27H18ClN5O2S3/c1-16-7-5-6-10-20(16)33-24-23(38-27(33)36)25(35)32(19-8-3-2-4-9-19)26(30-24)37-15-18-13-22(34)31-14-17(28)11-12-21(31)29-18/h2-14H,15H2,1H3. The van der Waals surface area contributed by atoms with E-state index in [1.165, 1.54) is 33.6 Å². The molecule has 0 N–H and O–H groups in total. The number of hydrogen-bond donors (Lipinski definition) is 0. The second-order valence-corrected chi connectivity index (χ2v) is 11.5. The van der Waals surface area contributed by atoms with Crippen LogP contribution in [-0.2, 0) is 5.75 Å². The number of aryl methyl sites for hydroxylation is 1. The fraction of sp³-hybridized carbons (Fsp3) is 0.0741. The Balaban J connectivity index is 1.52. The number of rotatable bonds is 5. The van der Waals surface area contributed by atoms with Crippen molar-refractivity contribution >= 4 is 62.9 Å². The predicted molar refractivity (Wildman–Crippen MR) is 156 cm³/mol. The van der Waals surface area contributed by atoms with Crippen molar-refractivity contribution in [3.8, 4) is 11.4 Å². The fourth-order valence-corrected chi connectivity index (χ4v) is 6.55. The van der Waals surface area contributed by atoms with Gasteiger partial charge >= 0.3 is 0 Å². The van der Waals surface area contributed by atoms with Crippen LogP contribution in [-0.4, -0.2) is 23.5 Å². The molecule has 0 fully saturated rings. The summed E-state index contributed by atoms with van der Waals surface area (Å²) < 4.78 is 5.88. The van der Waals surface area contributed by atoms with Crippen LogP contribution in [0, 0.1) is 10.9 Å². The zero-order valence-electron chi connectivity index (χ0n) is 19.9. The van der Waals surface area contributed by atoms with Crippen LogP contribution in [0.4, 0.5) is 0 Å². The van der Waals surface area contributed by atoms with E-state index in [0.717, 1.165) is 11.3 Å². The topological polar surface area (TPSA) is 74.2 Å². The third-order valence-electron chi connectivity index (χ3n) is 5.97. The van der Waals surface area contributed by atoms with Crippen LogP contribution >= 0.6 is 46.9 Å². The molecule has 4 aromatic heterocycles. The molecule has 188 valence electrons. The molecule has 38 heavy (non-hydrogen) atoms. The summed E-state index contributed by atoms with van der Waals surface area (Å²) in [6.45, 7) is 2.00. The molecule has 0 aliphatic heterocycles. The molecule has 0 amide bonds. The van der Waals surface area contributed by atoms with E-state index in [2.05, 4.69) is 4.98 Å². The molecule has 6 aromatic rings. The highest BCUT2D eigenvalue weighted by Gasteiger charge is 2.20. The number of nitrogens with zero attached hydrogens (tertiary/aromatic N) is 5. The second kappa shape index (κ2) is 9.95. The van der Waals surface area contributed by atoms with Crippen LogP contribution in [0.15, 0.2) is 93.7 Å². The minimum atomic E-state index is -0.233. The van der Waals surface area contributed by atoms with Crippen molar-refractivity contribution in [2.45, 2.75) is 17.8 Å². The third kappa shape index (κ3) is 4.39. The number of para-hydroxylation sites is 2. The fourth-order valence-electron chi connectivity index (χ4n) is 4.20. The van der Waals surface area contributed by atoms with E-state index in [0.29, 0.717) is 47.3 Å². The molecule has 0 saturated heterocycles. The largest absolute Gasteiger partial charge is 0.278 e. The molecule has 0 bridgehead atoms. The molecular formula is C27H18ClN5O2S3. The highest BCUT2D eigenvalue weighted by molar-refractivity contribution is 7.98. The molecule has 0 atom stereocenters. The molecule has 0 aliphatic rings. The van der Waals surface area contributed by atoms with Gasteiger partial charge in [0.05, 0.1) is 22.1 Å². The van der Waals surface area contributed by atoms with Crippen molar-refractivity contribution in [1.29, 1.82) is 0 Å². The van der Waals surface area contributed by atoms with Crippen LogP contribution in [0.2, 0.25) is 5.02 Å². The van der Waals surface area contributed by atoms with E-state index in [1.54, 1.807) is 22.9 Å². The zero-order chi connectivity index (χ0) is 26.4. The maximum atomic E-state index is 13.9. The lowest BCUT2D eigenvalue weighted by molar-refractivity contribution is 0.811. The molecule has 0 aliphatic carbocycles. The number of fused-ring (bicyclic) bond motifs is 2. The van der Waals surface area contributed by atoms with Crippen molar-refractivity contribution in [3.63, 3.8) is 0 Å². The summed E-state index contributed by atoms with van der Waals surface area (Å²) in [7, 11) is 0. The monoisotopic (exact) mass is 575 g/mol. The van der Waals surface area contributed by atoms with Crippen molar-refractivity contribution in [1.82, 2.24) is 23.5 Å². The molecule has 11 heteroatoms. The Bertz CT molecular complexity index is 2030. The smallest absolute Gasteiger partial charge is 0.275 e. The first-order chi connectivity index (χ1) is 18.4. The van der Waals surface area contributed by atoms with E-state index >= 15 is 0 Å². The Morgan fingerprint density at radius 3 is 2.53 bits per heavy atom. The molecule has 0 radical (unpaired) electrons. The van der Waals surface area contributed by atoms with Gasteiger partial charge < -0.3 is 0 Å². The molecule has 6 rings (SSSR count). The normalized spacial score (nSPS) is 11.4. The van der Waals surface area contributed by atoms with Gasteiger partial charge in [-0.3, -0.25) is 23.1 Å². The van der Waals surface area contributed by atoms with Crippen LogP contribution < -0.4 is 11.1 Å². The van der Waals surface area contributed by atoms with Gasteiger partial charge in [0, 0.05) is 18.0 Å². The number of hydrogen-bond acceptors (Lipinski definition) is 7. The Hall–Kier alpha value is -3.57. The lowest BCUT2D eigenvalue weighted by atomic mass is 10.2. The van der Waals surface area contributed by atoms with Crippen LogP contribution in [0.1, 0.15) is 11.3 Å². The summed E-state index contributed by atoms with van der Waals surface area (Å²) in [6, 6.07) is 22.1. The van der Waals surface area contributed by atoms with Gasteiger partial charge in [-0.25, -0.2) is 9.97 Å². The molecular weight excluding hydrogens is 558 g/mol. The highest BCUT2D eigenvalue weighted by atomic mass is 35.5. The van der Waals surface area contributed by atoms with Crippen LogP contribution in [0.5, 0.6) is 0 Å². The SMILES string of the molecule is Cc1ccccc1-n1c(=S)sc2c(=O)n(-c3ccccc3)c(SCc3cc(=O)n4cc(Cl)ccc4n3)nc21. The highest BCUT2D eigenvalue weighted by Crippen LogP contribution is 2.29. The van der Waals surface area contributed by atoms with Crippen molar-refractivity contribution in [3.05, 3.63) is 120 Å². The molecule has 0 spiro atoms. The summed E-state index contributed by atoms with van der Waals surface area (Å²) >= 11 is 14.3. The Kier molecular flexibility index (Phi) is 6.48. The average molecular weight is 576 g/mol. The molecule has 0 saturated carbocycles.